The van der Waals surface area contributed by atoms with E-state index in [4.69, 9.17) is 16.6 Å². The van der Waals surface area contributed by atoms with Gasteiger partial charge in [-0.15, -0.1) is 0 Å². The average Bonchev–Trinajstić information content (AvgIpc) is 2.31. The molecular weight excluding hydrogens is 326 g/mol. The minimum atomic E-state index is -4.14. The number of hydrogen-bond acceptors (Lipinski definition) is 3. The quantitative estimate of drug-likeness (QED) is 0.345. The summed E-state index contributed by atoms with van der Waals surface area (Å²) in [5.74, 6) is 0. The molecule has 1 rings (SSSR count). The zero-order chi connectivity index (χ0) is 11.9. The molecule has 0 spiro atoms. The summed E-state index contributed by atoms with van der Waals surface area (Å²) in [6, 6.07) is 8.34. The molecule has 0 amide bonds. The fourth-order valence-corrected chi connectivity index (χ4v) is 4.40. The summed E-state index contributed by atoms with van der Waals surface area (Å²) in [4.78, 5) is 7.80. The molecule has 0 aliphatic heterocycles. The van der Waals surface area contributed by atoms with E-state index in [9.17, 15) is 0 Å². The standard InChI is InChI=1S/C6H5N9Te/c7-10-13-16(14-11-8,15-12-9)6-4-2-1-3-5-6/h1-5H. The van der Waals surface area contributed by atoms with Gasteiger partial charge in [-0.3, -0.25) is 0 Å². The summed E-state index contributed by atoms with van der Waals surface area (Å²) in [6.45, 7) is 0. The SMILES string of the molecule is [N-]=[N+]=N[Te](N=[N+]=[N-])(N=[N+]=[N-])c1ccccc1. The van der Waals surface area contributed by atoms with Gasteiger partial charge >= 0.3 is 94.4 Å². The van der Waals surface area contributed by atoms with Crippen molar-refractivity contribution in [3.8, 4) is 0 Å². The number of rotatable bonds is 4. The van der Waals surface area contributed by atoms with Crippen molar-refractivity contribution in [2.24, 2.45) is 10.1 Å². The Balaban J connectivity index is 3.49. The van der Waals surface area contributed by atoms with Crippen molar-refractivity contribution in [3.05, 3.63) is 61.7 Å². The molecule has 0 heterocycles. The Kier molecular flexibility index (Phi) is 4.30. The number of azide groups is 1. The summed E-state index contributed by atoms with van der Waals surface area (Å²) < 4.78 is 10.8. The fourth-order valence-electron chi connectivity index (χ4n) is 0.946. The van der Waals surface area contributed by atoms with Crippen molar-refractivity contribution in [3.63, 3.8) is 0 Å². The summed E-state index contributed by atoms with van der Waals surface area (Å²) in [5, 5.41) is 0. The van der Waals surface area contributed by atoms with Gasteiger partial charge in [-0.1, -0.05) is 0 Å². The molecule has 80 valence electrons. The Hall–Kier alpha value is -2.06. The van der Waals surface area contributed by atoms with Crippen LogP contribution in [0.25, 0.3) is 31.3 Å². The van der Waals surface area contributed by atoms with Crippen LogP contribution < -0.4 is 3.61 Å². The van der Waals surface area contributed by atoms with Crippen LogP contribution in [0.3, 0.4) is 0 Å². The summed E-state index contributed by atoms with van der Waals surface area (Å²) in [5.41, 5.74) is 25.4. The third-order valence-corrected chi connectivity index (χ3v) is 6.67. The maximum atomic E-state index is 8.46. The topological polar surface area (TPSA) is 146 Å². The molecule has 0 aliphatic rings. The molecule has 9 nitrogen and oxygen atoms in total. The van der Waals surface area contributed by atoms with Crippen molar-refractivity contribution in [2.75, 3.05) is 0 Å². The zero-order valence-electron chi connectivity index (χ0n) is 7.82. The van der Waals surface area contributed by atoms with Gasteiger partial charge in [-0.05, 0) is 0 Å². The van der Waals surface area contributed by atoms with Crippen molar-refractivity contribution < 1.29 is 0 Å². The van der Waals surface area contributed by atoms with Crippen LogP contribution in [0.1, 0.15) is 0 Å². The maximum absolute atomic E-state index is 8.46. The van der Waals surface area contributed by atoms with Crippen molar-refractivity contribution in [1.82, 2.24) is 0 Å². The first-order valence-electron chi connectivity index (χ1n) is 3.86. The van der Waals surface area contributed by atoms with Gasteiger partial charge < -0.3 is 0 Å². The fraction of sp³-hybridized carbons (Fsp3) is 0. The van der Waals surface area contributed by atoms with Gasteiger partial charge in [0.2, 0.25) is 0 Å². The number of nitrogens with zero attached hydrogens (tertiary/aromatic N) is 9. The molecule has 0 aliphatic carbocycles. The number of benzene rings is 1. The van der Waals surface area contributed by atoms with Gasteiger partial charge in [0.15, 0.2) is 0 Å². The molecule has 0 radical (unpaired) electrons. The summed E-state index contributed by atoms with van der Waals surface area (Å²) in [6.07, 6.45) is 0. The van der Waals surface area contributed by atoms with Gasteiger partial charge in [0.05, 0.1) is 0 Å². The summed E-state index contributed by atoms with van der Waals surface area (Å²) >= 11 is -4.14. The summed E-state index contributed by atoms with van der Waals surface area (Å²) in [7, 11) is 0. The molecule has 0 N–H and O–H groups in total. The molecule has 1 aromatic rings. The van der Waals surface area contributed by atoms with Gasteiger partial charge in [-0.2, -0.15) is 0 Å². The molecule has 0 saturated heterocycles. The molecule has 10 heteroatoms. The monoisotopic (exact) mass is 333 g/mol. The van der Waals surface area contributed by atoms with Gasteiger partial charge in [0, 0.05) is 0 Å². The molecule has 0 fully saturated rings. The van der Waals surface area contributed by atoms with Crippen molar-refractivity contribution in [2.45, 2.75) is 0 Å². The predicted molar refractivity (Wildman–Crippen MR) is 59.3 cm³/mol. The molecule has 0 aromatic heterocycles. The zero-order valence-corrected chi connectivity index (χ0v) is 10.2. The van der Waals surface area contributed by atoms with Crippen LogP contribution in [0, 0.1) is 0 Å². The molecule has 0 atom stereocenters. The Morgan fingerprint density at radius 2 is 1.25 bits per heavy atom. The predicted octanol–water partition coefficient (Wildman–Crippen LogP) is 2.76. The minimum absolute atomic E-state index is 0.485. The average molecular weight is 331 g/mol. The first kappa shape index (κ1) is 12.0. The second kappa shape index (κ2) is 5.73. The van der Waals surface area contributed by atoms with Crippen LogP contribution in [0.4, 0.5) is 0 Å². The molecule has 1 aromatic carbocycles. The molecule has 16 heavy (non-hydrogen) atoms. The van der Waals surface area contributed by atoms with Gasteiger partial charge in [0.25, 0.3) is 0 Å². The Labute approximate surface area is 94.4 Å². The van der Waals surface area contributed by atoms with Crippen LogP contribution in [0.15, 0.2) is 40.4 Å². The van der Waals surface area contributed by atoms with E-state index in [1.165, 1.54) is 0 Å². The van der Waals surface area contributed by atoms with Gasteiger partial charge in [0.1, 0.15) is 0 Å². The van der Waals surface area contributed by atoms with Crippen LogP contribution in [0.2, 0.25) is 0 Å². The van der Waals surface area contributed by atoms with E-state index in [1.54, 1.807) is 30.3 Å². The molecular formula is C6H5N9Te. The van der Waals surface area contributed by atoms with Crippen molar-refractivity contribution in [1.29, 1.82) is 0 Å². The van der Waals surface area contributed by atoms with Crippen LogP contribution in [-0.4, -0.2) is 19.0 Å². The number of hydrogen-bond donors (Lipinski definition) is 0. The third-order valence-electron chi connectivity index (χ3n) is 1.51. The van der Waals surface area contributed by atoms with E-state index in [1.807, 2.05) is 0 Å². The Bertz CT molecular complexity index is 461. The van der Waals surface area contributed by atoms with E-state index >= 15 is 0 Å². The normalized spacial score (nSPS) is 14.2. The van der Waals surface area contributed by atoms with E-state index in [0.29, 0.717) is 3.61 Å². The molecule has 0 unspecified atom stereocenters. The van der Waals surface area contributed by atoms with E-state index < -0.39 is 19.0 Å². The molecule has 0 bridgehead atoms. The van der Waals surface area contributed by atoms with E-state index in [0.717, 1.165) is 0 Å². The van der Waals surface area contributed by atoms with Gasteiger partial charge in [-0.25, -0.2) is 0 Å². The first-order chi connectivity index (χ1) is 7.79. The van der Waals surface area contributed by atoms with E-state index in [-0.39, 0.29) is 0 Å². The second-order valence-corrected chi connectivity index (χ2v) is 8.05. The van der Waals surface area contributed by atoms with Crippen molar-refractivity contribution >= 4 is 22.6 Å². The van der Waals surface area contributed by atoms with Crippen LogP contribution >= 0.6 is 0 Å². The van der Waals surface area contributed by atoms with Crippen LogP contribution in [-0.2, 0) is 0 Å². The molecule has 0 saturated carbocycles. The van der Waals surface area contributed by atoms with Crippen LogP contribution in [0.5, 0.6) is 0 Å². The third kappa shape index (κ3) is 2.49. The Morgan fingerprint density at radius 3 is 1.62 bits per heavy atom. The first-order valence-corrected chi connectivity index (χ1v) is 8.15. The Morgan fingerprint density at radius 1 is 0.812 bits per heavy atom. The second-order valence-electron chi connectivity index (χ2n) is 2.35. The van der Waals surface area contributed by atoms with E-state index in [2.05, 4.69) is 24.8 Å².